The fourth-order valence-corrected chi connectivity index (χ4v) is 2.09. The van der Waals surface area contributed by atoms with Crippen molar-refractivity contribution in [1.29, 1.82) is 0 Å². The molecule has 18 heavy (non-hydrogen) atoms. The molecule has 0 saturated carbocycles. The summed E-state index contributed by atoms with van der Waals surface area (Å²) in [5.41, 5.74) is 0.607. The first-order chi connectivity index (χ1) is 8.67. The van der Waals surface area contributed by atoms with Gasteiger partial charge in [-0.15, -0.1) is 0 Å². The second kappa shape index (κ2) is 7.26. The van der Waals surface area contributed by atoms with E-state index in [1.54, 1.807) is 37.3 Å². The van der Waals surface area contributed by atoms with Gasteiger partial charge in [-0.05, 0) is 25.1 Å². The Bertz CT molecular complexity index is 409. The van der Waals surface area contributed by atoms with Crippen LogP contribution in [0.2, 0.25) is 0 Å². The third-order valence-corrected chi connectivity index (χ3v) is 3.01. The van der Waals surface area contributed by atoms with Gasteiger partial charge in [-0.25, -0.2) is 0 Å². The molecule has 0 aliphatic carbocycles. The maximum Gasteiger partial charge on any atom is 0.254 e. The van der Waals surface area contributed by atoms with Crippen LogP contribution in [0, 0.1) is 0 Å². The molecule has 1 amide bonds. The molecule has 0 spiro atoms. The van der Waals surface area contributed by atoms with Gasteiger partial charge < -0.3 is 14.4 Å². The third-order valence-electron chi connectivity index (χ3n) is 2.65. The summed E-state index contributed by atoms with van der Waals surface area (Å²) in [6, 6.07) is 5.20. The second-order valence-electron chi connectivity index (χ2n) is 3.64. The molecule has 0 fully saturated rings. The average Bonchev–Trinajstić information content (AvgIpc) is 2.43. The predicted octanol–water partition coefficient (Wildman–Crippen LogP) is 2.56. The molecule has 0 unspecified atom stereocenters. The molecule has 0 aromatic heterocycles. The summed E-state index contributed by atoms with van der Waals surface area (Å²) < 4.78 is 10.3. The molecule has 0 aliphatic rings. The number of alkyl halides is 1. The van der Waals surface area contributed by atoms with E-state index >= 15 is 0 Å². The quantitative estimate of drug-likeness (QED) is 0.757. The minimum atomic E-state index is -0.00194. The van der Waals surface area contributed by atoms with Crippen molar-refractivity contribution in [2.45, 2.75) is 6.92 Å². The van der Waals surface area contributed by atoms with Crippen LogP contribution in [0.4, 0.5) is 0 Å². The van der Waals surface area contributed by atoms with Crippen molar-refractivity contribution >= 4 is 21.8 Å². The van der Waals surface area contributed by atoms with Gasteiger partial charge in [0.1, 0.15) is 0 Å². The van der Waals surface area contributed by atoms with Gasteiger partial charge in [0.2, 0.25) is 0 Å². The number of methoxy groups -OCH3 is 2. The summed E-state index contributed by atoms with van der Waals surface area (Å²) in [5.74, 6) is 1.19. The second-order valence-corrected chi connectivity index (χ2v) is 4.44. The molecule has 1 rings (SSSR count). The molecule has 0 heterocycles. The molecule has 0 atom stereocenters. The number of hydrogen-bond acceptors (Lipinski definition) is 3. The zero-order valence-electron chi connectivity index (χ0n) is 10.9. The minimum absolute atomic E-state index is 0.00194. The van der Waals surface area contributed by atoms with Crippen molar-refractivity contribution in [3.63, 3.8) is 0 Å². The summed E-state index contributed by atoms with van der Waals surface area (Å²) in [6.45, 7) is 3.32. The van der Waals surface area contributed by atoms with E-state index in [4.69, 9.17) is 9.47 Å². The van der Waals surface area contributed by atoms with E-state index in [1.165, 1.54) is 0 Å². The van der Waals surface area contributed by atoms with Crippen LogP contribution in [0.25, 0.3) is 0 Å². The number of benzene rings is 1. The molecule has 0 saturated heterocycles. The molecule has 4 nitrogen and oxygen atoms in total. The summed E-state index contributed by atoms with van der Waals surface area (Å²) in [6.07, 6.45) is 0. The lowest BCUT2D eigenvalue weighted by Crippen LogP contribution is -2.32. The summed E-state index contributed by atoms with van der Waals surface area (Å²) >= 11 is 3.34. The Kier molecular flexibility index (Phi) is 5.98. The van der Waals surface area contributed by atoms with Gasteiger partial charge in [0.15, 0.2) is 11.5 Å². The predicted molar refractivity (Wildman–Crippen MR) is 74.9 cm³/mol. The van der Waals surface area contributed by atoms with E-state index in [0.717, 1.165) is 5.33 Å². The Morgan fingerprint density at radius 3 is 2.44 bits per heavy atom. The molecule has 1 aromatic carbocycles. The number of carbonyl (C=O) groups is 1. The molecule has 0 aliphatic heterocycles. The monoisotopic (exact) mass is 315 g/mol. The van der Waals surface area contributed by atoms with Gasteiger partial charge in [0.05, 0.1) is 14.2 Å². The first-order valence-corrected chi connectivity index (χ1v) is 6.87. The van der Waals surface area contributed by atoms with Gasteiger partial charge in [-0.1, -0.05) is 15.9 Å². The van der Waals surface area contributed by atoms with Crippen LogP contribution < -0.4 is 9.47 Å². The molecular formula is C13H18BrNO3. The highest BCUT2D eigenvalue weighted by molar-refractivity contribution is 9.09. The summed E-state index contributed by atoms with van der Waals surface area (Å²) in [4.78, 5) is 14.0. The number of carbonyl (C=O) groups excluding carboxylic acids is 1. The summed E-state index contributed by atoms with van der Waals surface area (Å²) in [7, 11) is 3.13. The third kappa shape index (κ3) is 3.38. The molecule has 1 aromatic rings. The van der Waals surface area contributed by atoms with Crippen LogP contribution in [-0.2, 0) is 0 Å². The summed E-state index contributed by atoms with van der Waals surface area (Å²) in [5, 5.41) is 0.764. The smallest absolute Gasteiger partial charge is 0.254 e. The van der Waals surface area contributed by atoms with E-state index in [0.29, 0.717) is 30.2 Å². The number of hydrogen-bond donors (Lipinski definition) is 0. The van der Waals surface area contributed by atoms with Gasteiger partial charge in [-0.3, -0.25) is 4.79 Å². The lowest BCUT2D eigenvalue weighted by molar-refractivity contribution is 0.0774. The zero-order valence-corrected chi connectivity index (χ0v) is 12.5. The Morgan fingerprint density at radius 2 is 1.94 bits per heavy atom. The highest BCUT2D eigenvalue weighted by atomic mass is 79.9. The van der Waals surface area contributed by atoms with E-state index in [1.807, 2.05) is 6.92 Å². The Labute approximate surface area is 116 Å². The fourth-order valence-electron chi connectivity index (χ4n) is 1.66. The molecular weight excluding hydrogens is 298 g/mol. The maximum atomic E-state index is 12.2. The number of amides is 1. The van der Waals surface area contributed by atoms with Gasteiger partial charge in [0.25, 0.3) is 5.91 Å². The van der Waals surface area contributed by atoms with E-state index < -0.39 is 0 Å². The molecule has 0 bridgehead atoms. The van der Waals surface area contributed by atoms with Crippen molar-refractivity contribution in [1.82, 2.24) is 4.90 Å². The lowest BCUT2D eigenvalue weighted by atomic mass is 10.1. The average molecular weight is 316 g/mol. The molecule has 0 radical (unpaired) electrons. The number of ether oxygens (including phenoxy) is 2. The minimum Gasteiger partial charge on any atom is -0.493 e. The Balaban J connectivity index is 2.98. The Hall–Kier alpha value is -1.23. The first-order valence-electron chi connectivity index (χ1n) is 5.75. The standard InChI is InChI=1S/C13H18BrNO3/c1-4-15(8-7-14)13(16)10-5-6-11(17-2)12(9-10)18-3/h5-6,9H,4,7-8H2,1-3H3. The highest BCUT2D eigenvalue weighted by Gasteiger charge is 2.15. The lowest BCUT2D eigenvalue weighted by Gasteiger charge is -2.20. The Morgan fingerprint density at radius 1 is 1.28 bits per heavy atom. The number of rotatable bonds is 6. The van der Waals surface area contributed by atoms with Crippen LogP contribution in [0.3, 0.4) is 0 Å². The van der Waals surface area contributed by atoms with Gasteiger partial charge >= 0.3 is 0 Å². The normalized spacial score (nSPS) is 10.0. The van der Waals surface area contributed by atoms with Crippen molar-refractivity contribution in [3.05, 3.63) is 23.8 Å². The van der Waals surface area contributed by atoms with Crippen molar-refractivity contribution in [2.75, 3.05) is 32.6 Å². The van der Waals surface area contributed by atoms with E-state index in [-0.39, 0.29) is 5.91 Å². The van der Waals surface area contributed by atoms with Gasteiger partial charge in [-0.2, -0.15) is 0 Å². The molecule has 100 valence electrons. The fraction of sp³-hybridized carbons (Fsp3) is 0.462. The number of halogens is 1. The van der Waals surface area contributed by atoms with Crippen molar-refractivity contribution in [2.24, 2.45) is 0 Å². The van der Waals surface area contributed by atoms with Crippen LogP contribution in [-0.4, -0.2) is 43.4 Å². The van der Waals surface area contributed by atoms with Crippen molar-refractivity contribution in [3.8, 4) is 11.5 Å². The molecule has 5 heteroatoms. The number of nitrogens with zero attached hydrogens (tertiary/aromatic N) is 1. The van der Waals surface area contributed by atoms with Crippen LogP contribution in [0.1, 0.15) is 17.3 Å². The SMILES string of the molecule is CCN(CCBr)C(=O)c1ccc(OC)c(OC)c1. The van der Waals surface area contributed by atoms with E-state index in [2.05, 4.69) is 15.9 Å². The van der Waals surface area contributed by atoms with Crippen LogP contribution in [0.15, 0.2) is 18.2 Å². The van der Waals surface area contributed by atoms with Crippen LogP contribution in [0.5, 0.6) is 11.5 Å². The van der Waals surface area contributed by atoms with Gasteiger partial charge in [0, 0.05) is 24.0 Å². The maximum absolute atomic E-state index is 12.2. The van der Waals surface area contributed by atoms with Crippen molar-refractivity contribution < 1.29 is 14.3 Å². The van der Waals surface area contributed by atoms with E-state index in [9.17, 15) is 4.79 Å². The first kappa shape index (κ1) is 14.8. The highest BCUT2D eigenvalue weighted by Crippen LogP contribution is 2.28. The largest absolute Gasteiger partial charge is 0.493 e. The van der Waals surface area contributed by atoms with Crippen LogP contribution >= 0.6 is 15.9 Å². The molecule has 0 N–H and O–H groups in total. The topological polar surface area (TPSA) is 38.8 Å². The zero-order chi connectivity index (χ0) is 13.5.